The molecule has 0 unspecified atom stereocenters. The second-order valence-corrected chi connectivity index (χ2v) is 7.25. The number of halogens is 2. The van der Waals surface area contributed by atoms with E-state index in [4.69, 9.17) is 28.9 Å². The summed E-state index contributed by atoms with van der Waals surface area (Å²) in [4.78, 5) is 25.9. The minimum absolute atomic E-state index is 0.212. The lowest BCUT2D eigenvalue weighted by Gasteiger charge is -2.30. The molecule has 0 aliphatic carbocycles. The third-order valence-electron chi connectivity index (χ3n) is 3.65. The zero-order valence-electron chi connectivity index (χ0n) is 11.4. The van der Waals surface area contributed by atoms with Crippen LogP contribution in [-0.4, -0.2) is 18.4 Å². The molecular weight excluding hydrogens is 343 g/mol. The molecule has 0 fully saturated rings. The van der Waals surface area contributed by atoms with E-state index in [-0.39, 0.29) is 5.91 Å². The molecule has 1 aromatic heterocycles. The molecule has 3 rings (SSSR count). The zero-order valence-corrected chi connectivity index (χ0v) is 13.8. The van der Waals surface area contributed by atoms with Gasteiger partial charge in [0.15, 0.2) is 0 Å². The third-order valence-corrected chi connectivity index (χ3v) is 5.14. The van der Waals surface area contributed by atoms with E-state index in [0.717, 1.165) is 29.7 Å². The lowest BCUT2D eigenvalue weighted by atomic mass is 9.95. The van der Waals surface area contributed by atoms with Crippen LogP contribution in [0.3, 0.4) is 0 Å². The van der Waals surface area contributed by atoms with Crippen LogP contribution >= 0.6 is 34.5 Å². The summed E-state index contributed by atoms with van der Waals surface area (Å²) in [6, 6.07) is 6.81. The third kappa shape index (κ3) is 2.60. The van der Waals surface area contributed by atoms with Crippen molar-refractivity contribution in [3.63, 3.8) is 0 Å². The summed E-state index contributed by atoms with van der Waals surface area (Å²) in [5.74, 6) is -0.696. The molecule has 0 spiro atoms. The summed E-state index contributed by atoms with van der Waals surface area (Å²) in [6.07, 6.45) is 1.48. The standard InChI is InChI=1S/C15H12Cl2N2O2S/c16-12-7-10(13(17)22-12)15(21)19-6-2-4-8-9(14(18)20)3-1-5-11(8)19/h1,3,5,7H,2,4,6H2,(H2,18,20). The first-order chi connectivity index (χ1) is 10.5. The predicted octanol–water partition coefficient (Wildman–Crippen LogP) is 3.75. The number of fused-ring (bicyclic) bond motifs is 1. The van der Waals surface area contributed by atoms with Crippen LogP contribution in [-0.2, 0) is 6.42 Å². The number of primary amides is 1. The number of nitrogens with two attached hydrogens (primary N) is 1. The van der Waals surface area contributed by atoms with Crippen LogP contribution in [0.25, 0.3) is 0 Å². The molecule has 2 aromatic rings. The Balaban J connectivity index is 2.05. The van der Waals surface area contributed by atoms with Gasteiger partial charge in [-0.2, -0.15) is 0 Å². The first-order valence-electron chi connectivity index (χ1n) is 6.67. The number of carbonyl (C=O) groups is 2. The fourth-order valence-electron chi connectivity index (χ4n) is 2.70. The molecule has 22 heavy (non-hydrogen) atoms. The monoisotopic (exact) mass is 354 g/mol. The lowest BCUT2D eigenvalue weighted by molar-refractivity contribution is 0.0977. The highest BCUT2D eigenvalue weighted by Crippen LogP contribution is 2.35. The summed E-state index contributed by atoms with van der Waals surface area (Å²) >= 11 is 13.2. The Labute approximate surface area is 141 Å². The number of anilines is 1. The van der Waals surface area contributed by atoms with Gasteiger partial charge in [0.1, 0.15) is 4.34 Å². The highest BCUT2D eigenvalue weighted by atomic mass is 35.5. The Bertz CT molecular complexity index is 773. The van der Waals surface area contributed by atoms with Gasteiger partial charge < -0.3 is 10.6 Å². The molecule has 114 valence electrons. The van der Waals surface area contributed by atoms with Gasteiger partial charge in [-0.05, 0) is 36.6 Å². The second kappa shape index (κ2) is 5.91. The van der Waals surface area contributed by atoms with Gasteiger partial charge in [0.25, 0.3) is 5.91 Å². The van der Waals surface area contributed by atoms with E-state index >= 15 is 0 Å². The van der Waals surface area contributed by atoms with Crippen molar-refractivity contribution in [2.24, 2.45) is 5.73 Å². The molecule has 0 saturated carbocycles. The number of carbonyl (C=O) groups excluding carboxylic acids is 2. The number of thiophene rings is 1. The molecule has 7 heteroatoms. The highest BCUT2D eigenvalue weighted by molar-refractivity contribution is 7.20. The molecule has 4 nitrogen and oxygen atoms in total. The van der Waals surface area contributed by atoms with Crippen molar-refractivity contribution in [2.45, 2.75) is 12.8 Å². The van der Waals surface area contributed by atoms with E-state index in [1.165, 1.54) is 0 Å². The van der Waals surface area contributed by atoms with Crippen molar-refractivity contribution in [1.29, 1.82) is 0 Å². The van der Waals surface area contributed by atoms with E-state index < -0.39 is 5.91 Å². The molecule has 0 atom stereocenters. The minimum Gasteiger partial charge on any atom is -0.366 e. The maximum absolute atomic E-state index is 12.8. The summed E-state index contributed by atoms with van der Waals surface area (Å²) in [7, 11) is 0. The predicted molar refractivity (Wildman–Crippen MR) is 89.3 cm³/mol. The molecule has 1 aromatic carbocycles. The normalized spacial score (nSPS) is 13.8. The van der Waals surface area contributed by atoms with Gasteiger partial charge >= 0.3 is 0 Å². The molecule has 2 heterocycles. The van der Waals surface area contributed by atoms with Crippen LogP contribution < -0.4 is 10.6 Å². The van der Waals surface area contributed by atoms with Gasteiger partial charge in [0.2, 0.25) is 5.91 Å². The van der Waals surface area contributed by atoms with E-state index in [2.05, 4.69) is 0 Å². The average molecular weight is 355 g/mol. The zero-order chi connectivity index (χ0) is 15.9. The van der Waals surface area contributed by atoms with Gasteiger partial charge in [-0.3, -0.25) is 9.59 Å². The second-order valence-electron chi connectivity index (χ2n) is 4.97. The van der Waals surface area contributed by atoms with Gasteiger partial charge in [0, 0.05) is 17.8 Å². The maximum Gasteiger partial charge on any atom is 0.260 e. The van der Waals surface area contributed by atoms with E-state index in [0.29, 0.717) is 32.0 Å². The first kappa shape index (κ1) is 15.3. The summed E-state index contributed by atoms with van der Waals surface area (Å²) in [5.41, 5.74) is 7.79. The molecule has 0 bridgehead atoms. The molecule has 0 radical (unpaired) electrons. The van der Waals surface area contributed by atoms with Gasteiger partial charge in [-0.15, -0.1) is 11.3 Å². The Hall–Kier alpha value is -1.56. The van der Waals surface area contributed by atoms with E-state index in [1.807, 2.05) is 6.07 Å². The van der Waals surface area contributed by atoms with E-state index in [1.54, 1.807) is 23.1 Å². The van der Waals surface area contributed by atoms with E-state index in [9.17, 15) is 9.59 Å². The number of benzene rings is 1. The van der Waals surface area contributed by atoms with Crippen LogP contribution in [0.1, 0.15) is 32.7 Å². The molecule has 2 N–H and O–H groups in total. The smallest absolute Gasteiger partial charge is 0.260 e. The number of hydrogen-bond donors (Lipinski definition) is 1. The molecule has 0 saturated heterocycles. The largest absolute Gasteiger partial charge is 0.366 e. The quantitative estimate of drug-likeness (QED) is 0.892. The van der Waals surface area contributed by atoms with Crippen LogP contribution in [0.2, 0.25) is 8.67 Å². The Morgan fingerprint density at radius 1 is 1.23 bits per heavy atom. The summed E-state index contributed by atoms with van der Waals surface area (Å²) in [6.45, 7) is 0.567. The van der Waals surface area contributed by atoms with Crippen molar-refractivity contribution in [2.75, 3.05) is 11.4 Å². The van der Waals surface area contributed by atoms with Crippen molar-refractivity contribution in [3.8, 4) is 0 Å². The van der Waals surface area contributed by atoms with Gasteiger partial charge in [-0.1, -0.05) is 29.3 Å². The fourth-order valence-corrected chi connectivity index (χ4v) is 4.15. The summed E-state index contributed by atoms with van der Waals surface area (Å²) in [5, 5.41) is 0. The van der Waals surface area contributed by atoms with Gasteiger partial charge in [0.05, 0.1) is 9.90 Å². The van der Waals surface area contributed by atoms with Gasteiger partial charge in [-0.25, -0.2) is 0 Å². The SMILES string of the molecule is NC(=O)c1cccc2c1CCCN2C(=O)c1cc(Cl)sc1Cl. The number of amides is 2. The molecule has 1 aliphatic heterocycles. The van der Waals surface area contributed by atoms with Crippen LogP contribution in [0.15, 0.2) is 24.3 Å². The van der Waals surface area contributed by atoms with Crippen LogP contribution in [0.5, 0.6) is 0 Å². The lowest BCUT2D eigenvalue weighted by Crippen LogP contribution is -2.36. The average Bonchev–Trinajstić information content (AvgIpc) is 2.83. The molecule has 2 amide bonds. The highest BCUT2D eigenvalue weighted by Gasteiger charge is 2.28. The number of rotatable bonds is 2. The van der Waals surface area contributed by atoms with Crippen LogP contribution in [0.4, 0.5) is 5.69 Å². The first-order valence-corrected chi connectivity index (χ1v) is 8.24. The maximum atomic E-state index is 12.8. The Morgan fingerprint density at radius 3 is 2.64 bits per heavy atom. The van der Waals surface area contributed by atoms with Crippen molar-refractivity contribution >= 4 is 52.0 Å². The topological polar surface area (TPSA) is 63.4 Å². The molecule has 1 aliphatic rings. The Morgan fingerprint density at radius 2 is 2.00 bits per heavy atom. The minimum atomic E-state index is -0.484. The number of nitrogens with zero attached hydrogens (tertiary/aromatic N) is 1. The van der Waals surface area contributed by atoms with Crippen molar-refractivity contribution < 1.29 is 9.59 Å². The fraction of sp³-hybridized carbons (Fsp3) is 0.200. The van der Waals surface area contributed by atoms with Crippen molar-refractivity contribution in [1.82, 2.24) is 0 Å². The van der Waals surface area contributed by atoms with Crippen LogP contribution in [0, 0.1) is 0 Å². The summed E-state index contributed by atoms with van der Waals surface area (Å²) < 4.78 is 0.838. The van der Waals surface area contributed by atoms with Crippen molar-refractivity contribution in [3.05, 3.63) is 49.6 Å². The number of hydrogen-bond acceptors (Lipinski definition) is 3. The molecular formula is C15H12Cl2N2O2S. The Kier molecular flexibility index (Phi) is 4.12.